The van der Waals surface area contributed by atoms with Crippen molar-refractivity contribution in [1.29, 1.82) is 0 Å². The Hall–Kier alpha value is -8.28. The molecule has 2 aliphatic heterocycles. The molecule has 5 heteroatoms. The predicted molar refractivity (Wildman–Crippen MR) is 263 cm³/mol. The average molecular weight is 805 g/mol. The summed E-state index contributed by atoms with van der Waals surface area (Å²) in [4.78, 5) is 4.73. The fourth-order valence-electron chi connectivity index (χ4n) is 10.1. The number of hydrogen-bond donors (Lipinski definition) is 0. The van der Waals surface area contributed by atoms with Crippen LogP contribution in [-0.4, -0.2) is 6.71 Å². The molecule has 0 aliphatic carbocycles. The molecule has 10 aromatic carbocycles. The molecule has 2 aliphatic rings. The fraction of sp³-hybridized carbons (Fsp3) is 0. The molecule has 4 nitrogen and oxygen atoms in total. The Morgan fingerprint density at radius 3 is 1.70 bits per heavy atom. The lowest BCUT2D eigenvalue weighted by Crippen LogP contribution is -2.59. The van der Waals surface area contributed by atoms with Crippen molar-refractivity contribution in [2.45, 2.75) is 0 Å². The molecule has 0 spiro atoms. The van der Waals surface area contributed by atoms with Gasteiger partial charge in [0.1, 0.15) is 22.7 Å². The van der Waals surface area contributed by atoms with Crippen molar-refractivity contribution in [3.8, 4) is 33.8 Å². The van der Waals surface area contributed by atoms with Crippen molar-refractivity contribution in [1.82, 2.24) is 0 Å². The molecule has 13 rings (SSSR count). The second-order valence-electron chi connectivity index (χ2n) is 16.4. The van der Waals surface area contributed by atoms with Crippen LogP contribution in [0.3, 0.4) is 0 Å². The van der Waals surface area contributed by atoms with Gasteiger partial charge in [-0.3, -0.25) is 0 Å². The lowest BCUT2D eigenvalue weighted by molar-refractivity contribution is 0.488. The van der Waals surface area contributed by atoms with Gasteiger partial charge in [0.05, 0.1) is 5.69 Å². The summed E-state index contributed by atoms with van der Waals surface area (Å²) in [5, 5.41) is 4.38. The summed E-state index contributed by atoms with van der Waals surface area (Å²) in [6, 6.07) is 80.1. The van der Waals surface area contributed by atoms with E-state index in [0.717, 1.165) is 89.3 Å². The predicted octanol–water partition coefficient (Wildman–Crippen LogP) is 13.9. The summed E-state index contributed by atoms with van der Waals surface area (Å²) in [7, 11) is 0. The quantitative estimate of drug-likeness (QED) is 0.157. The number of para-hydroxylation sites is 2. The van der Waals surface area contributed by atoms with Crippen LogP contribution in [0.25, 0.3) is 55.0 Å². The average Bonchev–Trinajstić information content (AvgIpc) is 3.72. The largest absolute Gasteiger partial charge is 0.458 e. The number of ether oxygens (including phenoxy) is 1. The summed E-state index contributed by atoms with van der Waals surface area (Å²) in [5.74, 6) is 1.72. The Morgan fingerprint density at radius 2 is 1.00 bits per heavy atom. The Kier molecular flexibility index (Phi) is 7.97. The van der Waals surface area contributed by atoms with Gasteiger partial charge in [0.25, 0.3) is 6.71 Å². The number of nitrogens with zero attached hydrogens (tertiary/aromatic N) is 2. The van der Waals surface area contributed by atoms with Crippen molar-refractivity contribution < 1.29 is 9.15 Å². The molecule has 0 bridgehead atoms. The highest BCUT2D eigenvalue weighted by Gasteiger charge is 2.42. The highest BCUT2D eigenvalue weighted by atomic mass is 16.5. The minimum Gasteiger partial charge on any atom is -0.458 e. The third kappa shape index (κ3) is 5.63. The van der Waals surface area contributed by atoms with Gasteiger partial charge in [-0.05, 0) is 111 Å². The van der Waals surface area contributed by atoms with Gasteiger partial charge in [-0.2, -0.15) is 0 Å². The van der Waals surface area contributed by atoms with E-state index < -0.39 is 0 Å². The molecule has 0 unspecified atom stereocenters. The molecule has 63 heavy (non-hydrogen) atoms. The zero-order chi connectivity index (χ0) is 41.4. The lowest BCUT2D eigenvalue weighted by atomic mass is 9.34. The summed E-state index contributed by atoms with van der Waals surface area (Å²) in [5.41, 5.74) is 16.4. The van der Waals surface area contributed by atoms with E-state index in [2.05, 4.69) is 234 Å². The fourth-order valence-corrected chi connectivity index (χ4v) is 10.1. The van der Waals surface area contributed by atoms with Crippen LogP contribution in [0.2, 0.25) is 0 Å². The highest BCUT2D eigenvalue weighted by molar-refractivity contribution is 6.99. The number of fused-ring (bicyclic) bond motifs is 9. The maximum Gasteiger partial charge on any atom is 0.256 e. The summed E-state index contributed by atoms with van der Waals surface area (Å²) < 4.78 is 14.1. The van der Waals surface area contributed by atoms with Gasteiger partial charge < -0.3 is 19.0 Å². The van der Waals surface area contributed by atoms with Gasteiger partial charge in [-0.15, -0.1) is 0 Å². The maximum atomic E-state index is 7.05. The van der Waals surface area contributed by atoms with Crippen LogP contribution in [0.5, 0.6) is 11.5 Å². The molecule has 0 saturated heterocycles. The molecular weight excluding hydrogens is 767 g/mol. The minimum absolute atomic E-state index is 0.102. The van der Waals surface area contributed by atoms with Crippen molar-refractivity contribution in [3.05, 3.63) is 224 Å². The summed E-state index contributed by atoms with van der Waals surface area (Å²) >= 11 is 0. The third-order valence-electron chi connectivity index (χ3n) is 12.9. The van der Waals surface area contributed by atoms with Gasteiger partial charge in [-0.1, -0.05) is 152 Å². The van der Waals surface area contributed by atoms with Gasteiger partial charge in [-0.25, -0.2) is 0 Å². The number of hydrogen-bond acceptors (Lipinski definition) is 4. The number of furan rings is 1. The van der Waals surface area contributed by atoms with E-state index in [0.29, 0.717) is 0 Å². The van der Waals surface area contributed by atoms with Crippen LogP contribution in [0.4, 0.5) is 34.1 Å². The van der Waals surface area contributed by atoms with Crippen molar-refractivity contribution in [3.63, 3.8) is 0 Å². The summed E-state index contributed by atoms with van der Waals surface area (Å²) in [6.07, 6.45) is 0. The van der Waals surface area contributed by atoms with E-state index in [1.807, 2.05) is 0 Å². The SMILES string of the molecule is c1ccc(-c2ccc(N3c4ccc(-c5ccccc5)cc4B4c5cc6oc7cc(N(c8ccccc8)c8ccccc8)c8ccccc8c7c6cc5Oc5cccc3c54)cc2)cc1. The standard InChI is InChI=1S/C58H37BN2O2/c1-5-16-38(17-6-1)40-28-31-44(32-29-40)61-50-33-30-41(39-18-7-2-8-19-39)34-48(50)59-49-36-54-47(35-55(49)62-53-27-15-26-51(61)58(53)59)57-46-25-14-13-24-45(46)52(37-56(57)63-54)60(42-20-9-3-10-21-42)43-22-11-4-12-23-43/h1-37H. The van der Waals surface area contributed by atoms with Crippen LogP contribution in [0, 0.1) is 0 Å². The van der Waals surface area contributed by atoms with Crippen LogP contribution < -0.4 is 30.9 Å². The first kappa shape index (κ1) is 35.5. The molecular formula is C58H37BN2O2. The molecule has 11 aromatic rings. The first-order valence-electron chi connectivity index (χ1n) is 21.5. The van der Waals surface area contributed by atoms with Crippen molar-refractivity contribution >= 4 is 89.9 Å². The monoisotopic (exact) mass is 804 g/mol. The highest BCUT2D eigenvalue weighted by Crippen LogP contribution is 2.47. The summed E-state index contributed by atoms with van der Waals surface area (Å²) in [6.45, 7) is -0.102. The zero-order valence-electron chi connectivity index (χ0n) is 34.2. The van der Waals surface area contributed by atoms with Gasteiger partial charge >= 0.3 is 0 Å². The molecule has 0 amide bonds. The molecule has 0 fully saturated rings. The van der Waals surface area contributed by atoms with Crippen LogP contribution in [0.15, 0.2) is 229 Å². The Balaban J connectivity index is 1.02. The smallest absolute Gasteiger partial charge is 0.256 e. The molecule has 0 saturated carbocycles. The van der Waals surface area contributed by atoms with Gasteiger partial charge in [0.15, 0.2) is 0 Å². The van der Waals surface area contributed by atoms with E-state index in [1.54, 1.807) is 0 Å². The van der Waals surface area contributed by atoms with E-state index >= 15 is 0 Å². The Labute approximate surface area is 365 Å². The second kappa shape index (κ2) is 14.2. The Bertz CT molecular complexity index is 3500. The first-order valence-corrected chi connectivity index (χ1v) is 21.5. The molecule has 3 heterocycles. The molecule has 1 aromatic heterocycles. The van der Waals surface area contributed by atoms with Crippen molar-refractivity contribution in [2.24, 2.45) is 0 Å². The molecule has 294 valence electrons. The van der Waals surface area contributed by atoms with Gasteiger partial charge in [0.2, 0.25) is 0 Å². The second-order valence-corrected chi connectivity index (χ2v) is 16.4. The van der Waals surface area contributed by atoms with E-state index in [4.69, 9.17) is 9.15 Å². The first-order chi connectivity index (χ1) is 31.2. The lowest BCUT2D eigenvalue weighted by Gasteiger charge is -2.40. The molecule has 0 N–H and O–H groups in total. The van der Waals surface area contributed by atoms with Crippen LogP contribution in [-0.2, 0) is 0 Å². The third-order valence-corrected chi connectivity index (χ3v) is 12.9. The van der Waals surface area contributed by atoms with Crippen LogP contribution >= 0.6 is 0 Å². The van der Waals surface area contributed by atoms with Crippen LogP contribution in [0.1, 0.15) is 0 Å². The number of rotatable bonds is 6. The number of anilines is 6. The van der Waals surface area contributed by atoms with E-state index in [-0.39, 0.29) is 6.71 Å². The Morgan fingerprint density at radius 1 is 0.397 bits per heavy atom. The zero-order valence-corrected chi connectivity index (χ0v) is 34.2. The molecule has 0 radical (unpaired) electrons. The molecule has 0 atom stereocenters. The normalized spacial score (nSPS) is 12.5. The van der Waals surface area contributed by atoms with E-state index in [9.17, 15) is 0 Å². The number of benzene rings is 10. The topological polar surface area (TPSA) is 28.9 Å². The maximum absolute atomic E-state index is 7.05. The van der Waals surface area contributed by atoms with Crippen molar-refractivity contribution in [2.75, 3.05) is 9.80 Å². The van der Waals surface area contributed by atoms with E-state index in [1.165, 1.54) is 27.7 Å². The minimum atomic E-state index is -0.102. The van der Waals surface area contributed by atoms with Gasteiger partial charge in [0, 0.05) is 50.7 Å².